The molecule has 1 amide bonds. The molecule has 3 nitrogen and oxygen atoms in total. The molecule has 1 aliphatic heterocycles. The molecule has 0 aromatic rings. The van der Waals surface area contributed by atoms with Gasteiger partial charge >= 0.3 is 6.18 Å². The highest BCUT2D eigenvalue weighted by molar-refractivity contribution is 5.85. The fourth-order valence-corrected chi connectivity index (χ4v) is 4.69. The summed E-state index contributed by atoms with van der Waals surface area (Å²) in [6.07, 6.45) is 1.24. The van der Waals surface area contributed by atoms with Gasteiger partial charge in [-0.2, -0.15) is 13.2 Å². The van der Waals surface area contributed by atoms with Crippen LogP contribution < -0.4 is 5.73 Å². The number of hydrogen-bond acceptors (Lipinski definition) is 2. The topological polar surface area (TPSA) is 46.3 Å². The Bertz CT molecular complexity index is 418. The SMILES string of the molecule is Cl.NC1C2CCCC1CC(C(=O)N1CCCC(C(F)(F)F)C1)C2. The van der Waals surface area contributed by atoms with E-state index in [2.05, 4.69) is 0 Å². The van der Waals surface area contributed by atoms with E-state index in [0.717, 1.165) is 25.7 Å². The molecule has 1 heterocycles. The van der Waals surface area contributed by atoms with Crippen LogP contribution in [0.4, 0.5) is 13.2 Å². The summed E-state index contributed by atoms with van der Waals surface area (Å²) in [6, 6.07) is 0.182. The molecule has 1 saturated heterocycles. The van der Waals surface area contributed by atoms with Gasteiger partial charge in [0.05, 0.1) is 5.92 Å². The molecule has 2 N–H and O–H groups in total. The molecule has 134 valence electrons. The lowest BCUT2D eigenvalue weighted by Crippen LogP contribution is -2.52. The first kappa shape index (κ1) is 18.8. The molecule has 3 fully saturated rings. The standard InChI is InChI=1S/C16H25F3N2O.ClH/c17-16(18,19)13-5-2-6-21(9-13)15(22)12-7-10-3-1-4-11(8-12)14(10)20;/h10-14H,1-9,20H2;1H. The van der Waals surface area contributed by atoms with Crippen LogP contribution in [-0.2, 0) is 4.79 Å². The van der Waals surface area contributed by atoms with Crippen molar-refractivity contribution >= 4 is 18.3 Å². The first-order valence-corrected chi connectivity index (χ1v) is 8.47. The van der Waals surface area contributed by atoms with E-state index in [1.54, 1.807) is 0 Å². The number of rotatable bonds is 1. The number of piperidine rings is 1. The van der Waals surface area contributed by atoms with Crippen LogP contribution in [0.2, 0.25) is 0 Å². The molecule has 3 aliphatic rings. The lowest BCUT2D eigenvalue weighted by Gasteiger charge is -2.45. The number of halogens is 4. The van der Waals surface area contributed by atoms with Gasteiger partial charge < -0.3 is 10.6 Å². The van der Waals surface area contributed by atoms with Crippen LogP contribution in [0.5, 0.6) is 0 Å². The van der Waals surface area contributed by atoms with Crippen molar-refractivity contribution in [1.82, 2.24) is 4.90 Å². The van der Waals surface area contributed by atoms with Gasteiger partial charge in [0.15, 0.2) is 0 Å². The fourth-order valence-electron chi connectivity index (χ4n) is 4.69. The maximum atomic E-state index is 12.9. The van der Waals surface area contributed by atoms with Crippen molar-refractivity contribution < 1.29 is 18.0 Å². The molecular weight excluding hydrogens is 329 g/mol. The largest absolute Gasteiger partial charge is 0.393 e. The van der Waals surface area contributed by atoms with Crippen LogP contribution in [-0.4, -0.2) is 36.1 Å². The number of nitrogens with zero attached hydrogens (tertiary/aromatic N) is 1. The number of alkyl halides is 3. The van der Waals surface area contributed by atoms with E-state index >= 15 is 0 Å². The van der Waals surface area contributed by atoms with Gasteiger partial charge in [0.2, 0.25) is 5.91 Å². The second-order valence-electron chi connectivity index (χ2n) is 7.36. The second-order valence-corrected chi connectivity index (χ2v) is 7.36. The van der Waals surface area contributed by atoms with Gasteiger partial charge in [0.1, 0.15) is 0 Å². The Labute approximate surface area is 141 Å². The summed E-state index contributed by atoms with van der Waals surface area (Å²) >= 11 is 0. The van der Waals surface area contributed by atoms with E-state index < -0.39 is 12.1 Å². The molecule has 0 radical (unpaired) electrons. The lowest BCUT2D eigenvalue weighted by atomic mass is 9.65. The highest BCUT2D eigenvalue weighted by Crippen LogP contribution is 2.43. The van der Waals surface area contributed by atoms with Gasteiger partial charge in [0, 0.05) is 25.0 Å². The van der Waals surface area contributed by atoms with Crippen LogP contribution in [0.1, 0.15) is 44.9 Å². The average Bonchev–Trinajstić information content (AvgIpc) is 2.45. The zero-order valence-electron chi connectivity index (χ0n) is 13.2. The Kier molecular flexibility index (Phi) is 5.88. The molecule has 0 aromatic carbocycles. The molecule has 3 atom stereocenters. The van der Waals surface area contributed by atoms with Gasteiger partial charge in [-0.25, -0.2) is 0 Å². The van der Waals surface area contributed by atoms with Gasteiger partial charge in [-0.3, -0.25) is 4.79 Å². The normalized spacial score (nSPS) is 37.9. The summed E-state index contributed by atoms with van der Waals surface area (Å²) in [6.45, 7) is 0.323. The van der Waals surface area contributed by atoms with Crippen molar-refractivity contribution in [1.29, 1.82) is 0 Å². The van der Waals surface area contributed by atoms with Crippen molar-refractivity contribution in [2.75, 3.05) is 13.1 Å². The summed E-state index contributed by atoms with van der Waals surface area (Å²) in [5.74, 6) is -0.760. The third kappa shape index (κ3) is 3.95. The molecule has 3 unspecified atom stereocenters. The zero-order chi connectivity index (χ0) is 15.9. The summed E-state index contributed by atoms with van der Waals surface area (Å²) < 4.78 is 38.7. The number of hydrogen-bond donors (Lipinski definition) is 1. The summed E-state index contributed by atoms with van der Waals surface area (Å²) in [4.78, 5) is 14.2. The number of amides is 1. The summed E-state index contributed by atoms with van der Waals surface area (Å²) in [5, 5.41) is 0. The molecule has 23 heavy (non-hydrogen) atoms. The van der Waals surface area contributed by atoms with Crippen LogP contribution in [0.15, 0.2) is 0 Å². The van der Waals surface area contributed by atoms with Crippen molar-refractivity contribution in [2.24, 2.45) is 29.4 Å². The second kappa shape index (κ2) is 7.18. The molecule has 2 bridgehead atoms. The maximum absolute atomic E-state index is 12.9. The maximum Gasteiger partial charge on any atom is 0.393 e. The summed E-state index contributed by atoms with van der Waals surface area (Å²) in [7, 11) is 0. The smallest absolute Gasteiger partial charge is 0.342 e. The van der Waals surface area contributed by atoms with Crippen molar-refractivity contribution in [3.63, 3.8) is 0 Å². The van der Waals surface area contributed by atoms with Gasteiger partial charge in [-0.05, 0) is 50.4 Å². The van der Waals surface area contributed by atoms with Gasteiger partial charge in [-0.15, -0.1) is 12.4 Å². The Morgan fingerprint density at radius 1 is 1.04 bits per heavy atom. The third-order valence-electron chi connectivity index (χ3n) is 5.96. The highest BCUT2D eigenvalue weighted by atomic mass is 35.5. The average molecular weight is 355 g/mol. The van der Waals surface area contributed by atoms with Crippen molar-refractivity contribution in [2.45, 2.75) is 57.2 Å². The Morgan fingerprint density at radius 3 is 2.22 bits per heavy atom. The van der Waals surface area contributed by atoms with Crippen molar-refractivity contribution in [3.8, 4) is 0 Å². The molecule has 2 aliphatic carbocycles. The van der Waals surface area contributed by atoms with Crippen LogP contribution in [0.3, 0.4) is 0 Å². The number of carbonyl (C=O) groups excluding carboxylic acids is 1. The number of fused-ring (bicyclic) bond motifs is 2. The Hall–Kier alpha value is -0.490. The van der Waals surface area contributed by atoms with E-state index in [1.165, 1.54) is 11.3 Å². The van der Waals surface area contributed by atoms with Crippen molar-refractivity contribution in [3.05, 3.63) is 0 Å². The summed E-state index contributed by atoms with van der Waals surface area (Å²) in [5.41, 5.74) is 6.23. The minimum Gasteiger partial charge on any atom is -0.342 e. The van der Waals surface area contributed by atoms with Gasteiger partial charge in [-0.1, -0.05) is 6.42 Å². The quantitative estimate of drug-likeness (QED) is 0.784. The third-order valence-corrected chi connectivity index (χ3v) is 5.96. The predicted octanol–water partition coefficient (Wildman–Crippen LogP) is 3.36. The Balaban J connectivity index is 0.00000192. The molecular formula is C16H26ClF3N2O. The predicted molar refractivity (Wildman–Crippen MR) is 84.1 cm³/mol. The number of carbonyl (C=O) groups is 1. The monoisotopic (exact) mass is 354 g/mol. The highest BCUT2D eigenvalue weighted by Gasteiger charge is 2.45. The van der Waals surface area contributed by atoms with Crippen LogP contribution in [0, 0.1) is 23.7 Å². The lowest BCUT2D eigenvalue weighted by molar-refractivity contribution is -0.189. The number of nitrogens with two attached hydrogens (primary N) is 1. The Morgan fingerprint density at radius 2 is 1.65 bits per heavy atom. The van der Waals surface area contributed by atoms with Gasteiger partial charge in [0.25, 0.3) is 0 Å². The number of likely N-dealkylation sites (tertiary alicyclic amines) is 1. The molecule has 3 rings (SSSR count). The van der Waals surface area contributed by atoms with Crippen LogP contribution in [0.25, 0.3) is 0 Å². The molecule has 2 saturated carbocycles. The van der Waals surface area contributed by atoms with E-state index in [-0.39, 0.29) is 43.2 Å². The first-order chi connectivity index (χ1) is 10.4. The van der Waals surface area contributed by atoms with E-state index in [4.69, 9.17) is 5.73 Å². The fraction of sp³-hybridized carbons (Fsp3) is 0.938. The molecule has 0 aromatic heterocycles. The molecule has 7 heteroatoms. The minimum absolute atomic E-state index is 0. The van der Waals surface area contributed by atoms with E-state index in [1.807, 2.05) is 0 Å². The van der Waals surface area contributed by atoms with Crippen LogP contribution >= 0.6 is 12.4 Å². The zero-order valence-corrected chi connectivity index (χ0v) is 14.0. The first-order valence-electron chi connectivity index (χ1n) is 8.47. The molecule has 0 spiro atoms. The minimum atomic E-state index is -4.19. The van der Waals surface area contributed by atoms with E-state index in [9.17, 15) is 18.0 Å². The van der Waals surface area contributed by atoms with E-state index in [0.29, 0.717) is 24.8 Å².